The second-order valence-corrected chi connectivity index (χ2v) is 12.2. The number of carboxylic acids is 2. The Labute approximate surface area is 293 Å². The number of hydrogen-bond acceptors (Lipinski definition) is 3. The van der Waals surface area contributed by atoms with E-state index in [0.717, 1.165) is 25.7 Å². The van der Waals surface area contributed by atoms with Gasteiger partial charge in [0.1, 0.15) is 0 Å². The first kappa shape index (κ1) is 49.0. The standard InChI is InChI=1S/2C18H36O2.Ca.H3N.2H/c2*1-2-3-4-5-6-7-8-9-10-11-12-13-14-15-16-17-18(19)20;;;;/h2*2-17H2,1H3,(H,19,20);;1H3;;. The van der Waals surface area contributed by atoms with Gasteiger partial charge < -0.3 is 16.4 Å². The average molecular weight is 628 g/mol. The van der Waals surface area contributed by atoms with Crippen molar-refractivity contribution in [2.24, 2.45) is 0 Å². The summed E-state index contributed by atoms with van der Waals surface area (Å²) < 4.78 is 0. The Bertz CT molecular complexity index is 461. The fraction of sp³-hybridized carbons (Fsp3) is 0.944. The van der Waals surface area contributed by atoms with Crippen LogP contribution in [-0.4, -0.2) is 59.9 Å². The molecule has 0 aliphatic carbocycles. The van der Waals surface area contributed by atoms with Crippen LogP contribution >= 0.6 is 0 Å². The summed E-state index contributed by atoms with van der Waals surface area (Å²) in [5.74, 6) is -1.31. The average Bonchev–Trinajstić information content (AvgIpc) is 2.93. The van der Waals surface area contributed by atoms with Crippen LogP contribution in [-0.2, 0) is 9.59 Å². The molecule has 0 aromatic rings. The number of rotatable bonds is 32. The van der Waals surface area contributed by atoms with Gasteiger partial charge in [0.05, 0.1) is 0 Å². The van der Waals surface area contributed by atoms with Gasteiger partial charge in [0.2, 0.25) is 0 Å². The molecule has 0 aromatic heterocycles. The Morgan fingerprint density at radius 1 is 0.333 bits per heavy atom. The van der Waals surface area contributed by atoms with Crippen LogP contribution in [0.15, 0.2) is 0 Å². The Hall–Kier alpha value is 0.160. The van der Waals surface area contributed by atoms with Crippen molar-refractivity contribution in [3.63, 3.8) is 0 Å². The van der Waals surface area contributed by atoms with E-state index in [9.17, 15) is 9.59 Å². The van der Waals surface area contributed by atoms with E-state index in [1.165, 1.54) is 167 Å². The van der Waals surface area contributed by atoms with Crippen LogP contribution in [0.1, 0.15) is 219 Å². The molecule has 0 radical (unpaired) electrons. The van der Waals surface area contributed by atoms with Gasteiger partial charge in [0.25, 0.3) is 0 Å². The predicted octanol–water partition coefficient (Wildman–Crippen LogP) is 11.9. The Balaban J connectivity index is -0.000000328. The maximum atomic E-state index is 10.3. The fourth-order valence-corrected chi connectivity index (χ4v) is 5.30. The molecule has 0 heterocycles. The van der Waals surface area contributed by atoms with Crippen LogP contribution in [0.25, 0.3) is 0 Å². The zero-order valence-corrected chi connectivity index (χ0v) is 28.0. The molecular weight excluding hydrogens is 550 g/mol. The van der Waals surface area contributed by atoms with Gasteiger partial charge in [0, 0.05) is 12.8 Å². The van der Waals surface area contributed by atoms with Gasteiger partial charge >= 0.3 is 49.7 Å². The zero-order chi connectivity index (χ0) is 29.8. The van der Waals surface area contributed by atoms with Crippen LogP contribution in [0.2, 0.25) is 0 Å². The molecule has 0 aliphatic rings. The molecule has 0 amide bonds. The van der Waals surface area contributed by atoms with Crippen molar-refractivity contribution in [3.8, 4) is 0 Å². The van der Waals surface area contributed by atoms with Gasteiger partial charge in [-0.25, -0.2) is 0 Å². The van der Waals surface area contributed by atoms with E-state index in [1.807, 2.05) is 0 Å². The summed E-state index contributed by atoms with van der Waals surface area (Å²) in [5, 5.41) is 17.0. The predicted molar refractivity (Wildman–Crippen MR) is 188 cm³/mol. The number of carboxylic acid groups (broad SMARTS) is 2. The Kier molecular flexibility index (Phi) is 53.2. The molecular formula is C36H77CaNO4. The molecule has 0 fully saturated rings. The number of unbranched alkanes of at least 4 members (excludes halogenated alkanes) is 28. The molecule has 252 valence electrons. The van der Waals surface area contributed by atoms with Crippen LogP contribution in [0.4, 0.5) is 0 Å². The molecule has 0 spiro atoms. The van der Waals surface area contributed by atoms with Gasteiger partial charge in [-0.15, -0.1) is 0 Å². The summed E-state index contributed by atoms with van der Waals surface area (Å²) in [4.78, 5) is 20.7. The SMILES string of the molecule is CCCCCCCCCCCCCCCCCC(=O)O.CCCCCCCCCCCCCCCCCC(=O)O.N.[CaH2]. The van der Waals surface area contributed by atoms with E-state index in [1.54, 1.807) is 0 Å². The minimum absolute atomic E-state index is 0. The zero-order valence-electron chi connectivity index (χ0n) is 28.0. The van der Waals surface area contributed by atoms with Crippen molar-refractivity contribution in [1.82, 2.24) is 6.15 Å². The van der Waals surface area contributed by atoms with Crippen molar-refractivity contribution in [3.05, 3.63) is 0 Å². The molecule has 6 heteroatoms. The number of aliphatic carboxylic acids is 2. The fourth-order valence-electron chi connectivity index (χ4n) is 5.30. The van der Waals surface area contributed by atoms with Crippen molar-refractivity contribution >= 4 is 49.7 Å². The van der Waals surface area contributed by atoms with Crippen LogP contribution < -0.4 is 6.15 Å². The quantitative estimate of drug-likeness (QED) is 0.0507. The topological polar surface area (TPSA) is 110 Å². The summed E-state index contributed by atoms with van der Waals surface area (Å²) in [5.41, 5.74) is 0. The normalized spacial score (nSPS) is 10.3. The Morgan fingerprint density at radius 2 is 0.476 bits per heavy atom. The summed E-state index contributed by atoms with van der Waals surface area (Å²) in [6, 6.07) is 0. The van der Waals surface area contributed by atoms with Crippen LogP contribution in [0.3, 0.4) is 0 Å². The van der Waals surface area contributed by atoms with Crippen molar-refractivity contribution in [2.75, 3.05) is 0 Å². The molecule has 5 N–H and O–H groups in total. The van der Waals surface area contributed by atoms with E-state index in [2.05, 4.69) is 13.8 Å². The second kappa shape index (κ2) is 45.6. The molecule has 0 aromatic carbocycles. The van der Waals surface area contributed by atoms with E-state index in [4.69, 9.17) is 10.2 Å². The third-order valence-corrected chi connectivity index (χ3v) is 7.99. The van der Waals surface area contributed by atoms with E-state index < -0.39 is 11.9 Å². The first-order chi connectivity index (χ1) is 19.5. The summed E-state index contributed by atoms with van der Waals surface area (Å²) in [7, 11) is 0. The molecule has 0 rings (SSSR count). The molecule has 0 saturated carbocycles. The van der Waals surface area contributed by atoms with Crippen molar-refractivity contribution < 1.29 is 19.8 Å². The third kappa shape index (κ3) is 52.8. The van der Waals surface area contributed by atoms with Crippen LogP contribution in [0, 0.1) is 0 Å². The van der Waals surface area contributed by atoms with Gasteiger partial charge in [-0.3, -0.25) is 9.59 Å². The first-order valence-electron chi connectivity index (χ1n) is 18.0. The summed E-state index contributed by atoms with van der Waals surface area (Å²) >= 11 is 0. The van der Waals surface area contributed by atoms with Crippen LogP contribution in [0.5, 0.6) is 0 Å². The minimum atomic E-state index is -0.653. The molecule has 42 heavy (non-hydrogen) atoms. The van der Waals surface area contributed by atoms with E-state index >= 15 is 0 Å². The van der Waals surface area contributed by atoms with Gasteiger partial charge in [-0.1, -0.05) is 194 Å². The monoisotopic (exact) mass is 628 g/mol. The number of hydrogen-bond donors (Lipinski definition) is 3. The van der Waals surface area contributed by atoms with E-state index in [-0.39, 0.29) is 43.9 Å². The molecule has 0 unspecified atom stereocenters. The van der Waals surface area contributed by atoms with Crippen molar-refractivity contribution in [1.29, 1.82) is 0 Å². The first-order valence-corrected chi connectivity index (χ1v) is 18.0. The van der Waals surface area contributed by atoms with Gasteiger partial charge in [-0.05, 0) is 12.8 Å². The third-order valence-electron chi connectivity index (χ3n) is 7.99. The summed E-state index contributed by atoms with van der Waals surface area (Å²) in [6.45, 7) is 4.54. The van der Waals surface area contributed by atoms with Crippen molar-refractivity contribution in [2.45, 2.75) is 219 Å². The molecule has 0 atom stereocenters. The molecule has 0 saturated heterocycles. The van der Waals surface area contributed by atoms with E-state index in [0.29, 0.717) is 12.8 Å². The molecule has 5 nitrogen and oxygen atoms in total. The van der Waals surface area contributed by atoms with Gasteiger partial charge in [0.15, 0.2) is 0 Å². The second-order valence-electron chi connectivity index (χ2n) is 12.2. The summed E-state index contributed by atoms with van der Waals surface area (Å²) in [6.07, 6.45) is 40.4. The maximum absolute atomic E-state index is 10.3. The number of carbonyl (C=O) groups is 2. The molecule has 0 bridgehead atoms. The van der Waals surface area contributed by atoms with Gasteiger partial charge in [-0.2, -0.15) is 0 Å². The molecule has 0 aliphatic heterocycles. The Morgan fingerprint density at radius 3 is 0.619 bits per heavy atom.